The highest BCUT2D eigenvalue weighted by Gasteiger charge is 2.87. The van der Waals surface area contributed by atoms with Crippen LogP contribution >= 0.6 is 11.8 Å². The van der Waals surface area contributed by atoms with Gasteiger partial charge in [0.2, 0.25) is 5.41 Å². The number of benzene rings is 2. The largest absolute Gasteiger partial charge is 0.465 e. The molecule has 4 atom stereocenters. The smallest absolute Gasteiger partial charge is 0.335 e. The molecule has 0 saturated carbocycles. The van der Waals surface area contributed by atoms with Crippen molar-refractivity contribution in [2.45, 2.75) is 35.1 Å². The second-order valence-electron chi connectivity index (χ2n) is 7.97. The van der Waals surface area contributed by atoms with Gasteiger partial charge in [0, 0.05) is 10.8 Å². The number of fused-ring (bicyclic) bond motifs is 5. The summed E-state index contributed by atoms with van der Waals surface area (Å²) in [4.78, 5) is 42.1. The molecule has 5 rings (SSSR count). The molecule has 30 heavy (non-hydrogen) atoms. The predicted molar refractivity (Wildman–Crippen MR) is 109 cm³/mol. The first-order valence-electron chi connectivity index (χ1n) is 9.88. The highest BCUT2D eigenvalue weighted by Crippen LogP contribution is 2.76. The quantitative estimate of drug-likeness (QED) is 0.555. The Kier molecular flexibility index (Phi) is 3.98. The summed E-state index contributed by atoms with van der Waals surface area (Å²) >= 11 is 1.57. The van der Waals surface area contributed by atoms with Crippen molar-refractivity contribution in [3.05, 3.63) is 65.7 Å². The van der Waals surface area contributed by atoms with E-state index in [1.54, 1.807) is 32.7 Å². The van der Waals surface area contributed by atoms with Crippen molar-refractivity contribution in [1.82, 2.24) is 4.90 Å². The van der Waals surface area contributed by atoms with Crippen molar-refractivity contribution in [1.29, 1.82) is 0 Å². The number of carbonyl (C=O) groups is 3. The molecular weight excluding hydrogens is 402 g/mol. The molecule has 3 aliphatic heterocycles. The van der Waals surface area contributed by atoms with Gasteiger partial charge in [0.05, 0.1) is 6.61 Å². The van der Waals surface area contributed by atoms with Crippen LogP contribution in [0.5, 0.6) is 0 Å². The zero-order valence-electron chi connectivity index (χ0n) is 16.9. The van der Waals surface area contributed by atoms with E-state index in [0.29, 0.717) is 0 Å². The molecule has 6 nitrogen and oxygen atoms in total. The molecule has 0 aliphatic carbocycles. The summed E-state index contributed by atoms with van der Waals surface area (Å²) in [6.45, 7) is 3.42. The van der Waals surface area contributed by atoms with Gasteiger partial charge in [-0.05, 0) is 38.1 Å². The molecule has 2 aromatic carbocycles. The zero-order chi connectivity index (χ0) is 21.3. The van der Waals surface area contributed by atoms with Gasteiger partial charge in [-0.3, -0.25) is 14.5 Å². The molecule has 0 unspecified atom stereocenters. The molecule has 2 saturated heterocycles. The van der Waals surface area contributed by atoms with E-state index in [1.807, 2.05) is 59.5 Å². The Morgan fingerprint density at radius 2 is 1.77 bits per heavy atom. The highest BCUT2D eigenvalue weighted by molar-refractivity contribution is 8.00. The monoisotopic (exact) mass is 423 g/mol. The van der Waals surface area contributed by atoms with Crippen LogP contribution in [0.15, 0.2) is 59.5 Å². The number of ether oxygens (including phenoxy) is 2. The van der Waals surface area contributed by atoms with E-state index in [1.165, 1.54) is 0 Å². The number of likely N-dealkylation sites (tertiary alicyclic amines) is 1. The molecule has 0 N–H and O–H groups in total. The molecule has 3 aliphatic rings. The van der Waals surface area contributed by atoms with E-state index in [-0.39, 0.29) is 6.61 Å². The Labute approximate surface area is 178 Å². The number of hydrogen-bond donors (Lipinski definition) is 0. The Morgan fingerprint density at radius 3 is 2.47 bits per heavy atom. The first kappa shape index (κ1) is 19.3. The number of esters is 3. The minimum atomic E-state index is -1.80. The van der Waals surface area contributed by atoms with Crippen LogP contribution in [-0.4, -0.2) is 42.0 Å². The van der Waals surface area contributed by atoms with Crippen LogP contribution in [0.1, 0.15) is 30.9 Å². The van der Waals surface area contributed by atoms with Gasteiger partial charge in [-0.25, -0.2) is 4.79 Å². The average molecular weight is 423 g/mol. The van der Waals surface area contributed by atoms with Crippen LogP contribution in [0.3, 0.4) is 0 Å². The molecule has 2 fully saturated rings. The summed E-state index contributed by atoms with van der Waals surface area (Å²) in [5.74, 6) is -2.91. The lowest BCUT2D eigenvalue weighted by Gasteiger charge is -2.40. The van der Waals surface area contributed by atoms with Crippen molar-refractivity contribution in [2.75, 3.05) is 13.7 Å². The van der Waals surface area contributed by atoms with Crippen LogP contribution in [-0.2, 0) is 28.7 Å². The lowest BCUT2D eigenvalue weighted by molar-refractivity contribution is -0.167. The van der Waals surface area contributed by atoms with Gasteiger partial charge in [-0.2, -0.15) is 0 Å². The Bertz CT molecular complexity index is 1090. The van der Waals surface area contributed by atoms with Gasteiger partial charge in [0.25, 0.3) is 0 Å². The summed E-state index contributed by atoms with van der Waals surface area (Å²) in [7, 11) is 1.79. The van der Waals surface area contributed by atoms with E-state index in [0.717, 1.165) is 16.0 Å². The Balaban J connectivity index is 1.90. The van der Waals surface area contributed by atoms with E-state index in [9.17, 15) is 14.4 Å². The number of hydrogen-bond acceptors (Lipinski definition) is 7. The summed E-state index contributed by atoms with van der Waals surface area (Å²) in [6.07, 6.45) is 0. The van der Waals surface area contributed by atoms with Crippen LogP contribution in [0, 0.1) is 5.41 Å². The van der Waals surface area contributed by atoms with E-state index < -0.39 is 39.7 Å². The molecular formula is C23H21NO5S. The fourth-order valence-corrected chi connectivity index (χ4v) is 7.32. The zero-order valence-corrected chi connectivity index (χ0v) is 17.7. The first-order chi connectivity index (χ1) is 14.4. The van der Waals surface area contributed by atoms with E-state index >= 15 is 0 Å². The minimum absolute atomic E-state index is 0.0989. The second kappa shape index (κ2) is 6.18. The van der Waals surface area contributed by atoms with Gasteiger partial charge < -0.3 is 9.47 Å². The predicted octanol–water partition coefficient (Wildman–Crippen LogP) is 3.07. The number of nitrogens with zero attached hydrogens (tertiary/aromatic N) is 1. The number of cyclic esters (lactones) is 2. The molecule has 7 heteroatoms. The molecule has 3 heterocycles. The third-order valence-corrected chi connectivity index (χ3v) is 8.59. The van der Waals surface area contributed by atoms with Crippen LogP contribution in [0.2, 0.25) is 0 Å². The number of thioether (sulfide) groups is 1. The van der Waals surface area contributed by atoms with Crippen molar-refractivity contribution >= 4 is 29.7 Å². The van der Waals surface area contributed by atoms with Gasteiger partial charge in [-0.1, -0.05) is 60.3 Å². The van der Waals surface area contributed by atoms with Gasteiger partial charge in [0.15, 0.2) is 0 Å². The van der Waals surface area contributed by atoms with Crippen LogP contribution in [0.25, 0.3) is 0 Å². The normalized spacial score (nSPS) is 34.3. The Hall–Kier alpha value is -2.64. The fraction of sp³-hybridized carbons (Fsp3) is 0.348. The van der Waals surface area contributed by atoms with Crippen molar-refractivity contribution in [3.63, 3.8) is 0 Å². The molecule has 0 bridgehead atoms. The lowest BCUT2D eigenvalue weighted by Crippen LogP contribution is -2.58. The first-order valence-corrected chi connectivity index (χ1v) is 10.7. The van der Waals surface area contributed by atoms with E-state index in [4.69, 9.17) is 9.47 Å². The highest BCUT2D eigenvalue weighted by atomic mass is 32.2. The lowest BCUT2D eigenvalue weighted by atomic mass is 9.63. The maximum Gasteiger partial charge on any atom is 0.335 e. The second-order valence-corrected chi connectivity index (χ2v) is 9.24. The summed E-state index contributed by atoms with van der Waals surface area (Å²) in [5.41, 5.74) is -1.54. The molecule has 2 aromatic rings. The number of likely N-dealkylation sites (N-methyl/N-ethyl adjacent to an activating group) is 1. The van der Waals surface area contributed by atoms with Crippen LogP contribution in [0.4, 0.5) is 0 Å². The van der Waals surface area contributed by atoms with Gasteiger partial charge >= 0.3 is 17.9 Å². The molecule has 0 radical (unpaired) electrons. The van der Waals surface area contributed by atoms with Crippen LogP contribution < -0.4 is 0 Å². The average Bonchev–Trinajstić information content (AvgIpc) is 3.26. The number of rotatable bonds is 3. The van der Waals surface area contributed by atoms with E-state index in [2.05, 4.69) is 0 Å². The van der Waals surface area contributed by atoms with Gasteiger partial charge in [0.1, 0.15) is 10.4 Å². The van der Waals surface area contributed by atoms with Gasteiger partial charge in [-0.15, -0.1) is 0 Å². The SMILES string of the molecule is CCOC(=O)[C@]12C(=O)OC(=O)[C@@]1(C)N(C)[C@@]1(c3ccccc3)Sc3ccccc3[C@@H]21. The van der Waals surface area contributed by atoms with Crippen molar-refractivity contribution < 1.29 is 23.9 Å². The molecule has 0 amide bonds. The molecule has 0 spiro atoms. The summed E-state index contributed by atoms with van der Waals surface area (Å²) in [5, 5.41) is 0. The maximum absolute atomic E-state index is 13.6. The molecule has 154 valence electrons. The third kappa shape index (κ3) is 1.88. The standard InChI is InChI=1S/C23H21NO5S/c1-4-28-19(26)22-17-15-12-8-9-13-16(15)30-23(17,14-10-6-5-7-11-14)24(3)21(22,2)18(25)29-20(22)27/h5-13,17H,4H2,1-3H3/t17-,21+,22+,23-/m0/s1. The Morgan fingerprint density at radius 1 is 1.10 bits per heavy atom. The van der Waals surface area contributed by atoms with Crippen molar-refractivity contribution in [3.8, 4) is 0 Å². The summed E-state index contributed by atoms with van der Waals surface area (Å²) in [6, 6.07) is 17.4. The third-order valence-electron chi connectivity index (χ3n) is 6.95. The molecule has 0 aromatic heterocycles. The summed E-state index contributed by atoms with van der Waals surface area (Å²) < 4.78 is 10.6. The maximum atomic E-state index is 13.6. The minimum Gasteiger partial charge on any atom is -0.465 e. The topological polar surface area (TPSA) is 72.9 Å². The van der Waals surface area contributed by atoms with Crippen molar-refractivity contribution in [2.24, 2.45) is 5.41 Å². The fourth-order valence-electron chi connectivity index (χ4n) is 5.54. The number of carbonyl (C=O) groups excluding carboxylic acids is 3.